The van der Waals surface area contributed by atoms with E-state index in [1.807, 2.05) is 0 Å². The average Bonchev–Trinajstić information content (AvgIpc) is 2.07. The Morgan fingerprint density at radius 2 is 2.56 bits per heavy atom. The Morgan fingerprint density at radius 1 is 1.89 bits per heavy atom. The van der Waals surface area contributed by atoms with Crippen LogP contribution in [0, 0.1) is 0 Å². The van der Waals surface area contributed by atoms with Crippen LogP contribution in [-0.2, 0) is 9.53 Å². The van der Waals surface area contributed by atoms with Gasteiger partial charge in [-0.25, -0.2) is 4.79 Å². The van der Waals surface area contributed by atoms with E-state index in [1.165, 1.54) is 6.92 Å². The zero-order valence-electron chi connectivity index (χ0n) is 6.92. The molecule has 0 fully saturated rings. The number of aliphatic hydroxyl groups is 1. The molecule has 3 heteroatoms. The third-order valence-corrected chi connectivity index (χ3v) is 1.19. The van der Waals surface area contributed by atoms with Gasteiger partial charge in [-0.1, -0.05) is 0 Å². The predicted molar refractivity (Wildman–Crippen MR) is 30.9 cm³/mol. The van der Waals surface area contributed by atoms with E-state index in [9.17, 15) is 4.79 Å². The second-order valence-corrected chi connectivity index (χ2v) is 1.85. The lowest BCUT2D eigenvalue weighted by atomic mass is 10.2. The zero-order valence-corrected chi connectivity index (χ0v) is 4.92. The molecule has 1 unspecified atom stereocenters. The van der Waals surface area contributed by atoms with Crippen LogP contribution in [0.15, 0.2) is 11.3 Å². The molecule has 1 N–H and O–H groups in total. The Morgan fingerprint density at radius 3 is 2.78 bits per heavy atom. The molecule has 0 aromatic carbocycles. The van der Waals surface area contributed by atoms with Crippen molar-refractivity contribution >= 4 is 5.97 Å². The first-order valence-corrected chi connectivity index (χ1v) is 2.52. The largest absolute Gasteiger partial charge is 0.502 e. The van der Waals surface area contributed by atoms with Crippen molar-refractivity contribution in [1.29, 1.82) is 0 Å². The van der Waals surface area contributed by atoms with Gasteiger partial charge < -0.3 is 9.84 Å². The van der Waals surface area contributed by atoms with Crippen molar-refractivity contribution < 1.29 is 17.4 Å². The lowest BCUT2D eigenvalue weighted by molar-refractivity contribution is -0.141. The highest BCUT2D eigenvalue weighted by Gasteiger charge is 2.27. The molecule has 1 heterocycles. The van der Waals surface area contributed by atoms with Crippen LogP contribution < -0.4 is 0 Å². The minimum Gasteiger partial charge on any atom is -0.502 e. The van der Waals surface area contributed by atoms with Gasteiger partial charge in [0.15, 0.2) is 0 Å². The number of aliphatic hydroxyl groups excluding tert-OH is 1. The maximum absolute atomic E-state index is 10.6. The molecule has 1 atom stereocenters. The van der Waals surface area contributed by atoms with Gasteiger partial charge in [-0.2, -0.15) is 0 Å². The maximum atomic E-state index is 10.6. The number of hydrogen-bond acceptors (Lipinski definition) is 3. The van der Waals surface area contributed by atoms with Crippen LogP contribution in [-0.4, -0.2) is 17.2 Å². The molecule has 1 aliphatic rings. The molecule has 0 aliphatic carbocycles. The Balaban J connectivity index is 2.97. The topological polar surface area (TPSA) is 46.5 Å². The van der Waals surface area contributed by atoms with E-state index in [2.05, 4.69) is 4.74 Å². The van der Waals surface area contributed by atoms with Crippen molar-refractivity contribution in [2.24, 2.45) is 0 Å². The lowest BCUT2D eigenvalue weighted by Crippen LogP contribution is -2.04. The van der Waals surface area contributed by atoms with E-state index < -0.39 is 24.7 Å². The summed E-state index contributed by atoms with van der Waals surface area (Å²) in [7, 11) is 0. The number of hydrogen-bond donors (Lipinski definition) is 1. The number of rotatable bonds is 0. The standard InChI is InChI=1S/C6H8O3/c1-3-4(2)9-6(8)5(3)7/h4,7H,1-2H3/i1D2. The van der Waals surface area contributed by atoms with Crippen LogP contribution >= 0.6 is 0 Å². The fourth-order valence-corrected chi connectivity index (χ4v) is 0.590. The van der Waals surface area contributed by atoms with E-state index >= 15 is 0 Å². The van der Waals surface area contributed by atoms with Crippen LogP contribution in [0.1, 0.15) is 16.5 Å². The molecular weight excluding hydrogens is 120 g/mol. The number of carbonyl (C=O) groups is 1. The van der Waals surface area contributed by atoms with Crippen LogP contribution in [0.2, 0.25) is 0 Å². The van der Waals surface area contributed by atoms with E-state index in [4.69, 9.17) is 7.85 Å². The maximum Gasteiger partial charge on any atom is 0.374 e. The average molecular weight is 130 g/mol. The molecular formula is C6H8O3. The summed E-state index contributed by atoms with van der Waals surface area (Å²) in [6.45, 7) is 0.184. The zero-order chi connectivity index (χ0) is 8.59. The minimum atomic E-state index is -1.34. The van der Waals surface area contributed by atoms with Crippen LogP contribution in [0.4, 0.5) is 0 Å². The summed E-state index contributed by atoms with van der Waals surface area (Å²) in [4.78, 5) is 10.6. The predicted octanol–water partition coefficient (Wildman–Crippen LogP) is 0.764. The fourth-order valence-electron chi connectivity index (χ4n) is 0.590. The summed E-state index contributed by atoms with van der Waals surface area (Å²) in [5, 5.41) is 8.96. The first kappa shape index (κ1) is 3.93. The number of carbonyl (C=O) groups excluding carboxylic acids is 1. The third kappa shape index (κ3) is 0.781. The molecule has 1 rings (SSSR count). The highest BCUT2D eigenvalue weighted by molar-refractivity contribution is 5.89. The summed E-state index contributed by atoms with van der Waals surface area (Å²) < 4.78 is 18.4. The Bertz CT molecular complexity index is 222. The van der Waals surface area contributed by atoms with Gasteiger partial charge in [0.1, 0.15) is 6.10 Å². The minimum absolute atomic E-state index is 0.0370. The van der Waals surface area contributed by atoms with E-state index in [1.54, 1.807) is 0 Å². The van der Waals surface area contributed by atoms with Crippen LogP contribution in [0.25, 0.3) is 0 Å². The first-order chi connectivity index (χ1) is 5.04. The lowest BCUT2D eigenvalue weighted by Gasteiger charge is -1.99. The van der Waals surface area contributed by atoms with Crippen molar-refractivity contribution in [3.63, 3.8) is 0 Å². The third-order valence-electron chi connectivity index (χ3n) is 1.19. The highest BCUT2D eigenvalue weighted by atomic mass is 16.6. The van der Waals surface area contributed by atoms with Gasteiger partial charge in [0.25, 0.3) is 0 Å². The second kappa shape index (κ2) is 1.76. The molecule has 1 aliphatic heterocycles. The summed E-state index contributed by atoms with van der Waals surface area (Å²) in [5.41, 5.74) is 0.0370. The van der Waals surface area contributed by atoms with E-state index in [0.717, 1.165) is 0 Å². The Labute approximate surface area is 55.7 Å². The summed E-state index contributed by atoms with van der Waals surface area (Å²) in [5.74, 6) is -1.41. The molecule has 0 bridgehead atoms. The van der Waals surface area contributed by atoms with Gasteiger partial charge in [-0.15, -0.1) is 0 Å². The van der Waals surface area contributed by atoms with Gasteiger partial charge in [0.05, 0.1) is 0 Å². The van der Waals surface area contributed by atoms with Crippen LogP contribution in [0.5, 0.6) is 0 Å². The second-order valence-electron chi connectivity index (χ2n) is 1.85. The van der Waals surface area contributed by atoms with E-state index in [-0.39, 0.29) is 5.57 Å². The van der Waals surface area contributed by atoms with Gasteiger partial charge in [-0.3, -0.25) is 0 Å². The van der Waals surface area contributed by atoms with Crippen LogP contribution in [0.3, 0.4) is 0 Å². The molecule has 50 valence electrons. The molecule has 9 heavy (non-hydrogen) atoms. The quantitative estimate of drug-likeness (QED) is 0.492. The highest BCUT2D eigenvalue weighted by Crippen LogP contribution is 2.18. The smallest absolute Gasteiger partial charge is 0.374 e. The first-order valence-electron chi connectivity index (χ1n) is 3.68. The molecule has 0 aromatic rings. The van der Waals surface area contributed by atoms with Gasteiger partial charge >= 0.3 is 5.97 Å². The summed E-state index contributed by atoms with van der Waals surface area (Å²) in [6, 6.07) is 0. The monoisotopic (exact) mass is 130 g/mol. The van der Waals surface area contributed by atoms with Gasteiger partial charge in [0.2, 0.25) is 5.76 Å². The van der Waals surface area contributed by atoms with Crippen molar-refractivity contribution in [3.05, 3.63) is 11.3 Å². The van der Waals surface area contributed by atoms with Crippen molar-refractivity contribution in [3.8, 4) is 0 Å². The number of esters is 1. The summed E-state index contributed by atoms with van der Waals surface area (Å²) in [6.07, 6.45) is -0.637. The van der Waals surface area contributed by atoms with Gasteiger partial charge in [-0.05, 0) is 13.8 Å². The van der Waals surface area contributed by atoms with Crippen molar-refractivity contribution in [2.45, 2.75) is 19.9 Å². The fraction of sp³-hybridized carbons (Fsp3) is 0.500. The molecule has 0 aromatic heterocycles. The summed E-state index contributed by atoms with van der Waals surface area (Å²) >= 11 is 0. The number of cyclic esters (lactones) is 1. The molecule has 3 nitrogen and oxygen atoms in total. The molecule has 0 spiro atoms. The van der Waals surface area contributed by atoms with Crippen molar-refractivity contribution in [2.75, 3.05) is 0 Å². The number of ether oxygens (including phenoxy) is 1. The molecule has 0 amide bonds. The molecule has 0 saturated carbocycles. The normalized spacial score (nSPS) is 30.4. The molecule has 0 radical (unpaired) electrons. The van der Waals surface area contributed by atoms with Crippen molar-refractivity contribution in [1.82, 2.24) is 0 Å². The Kier molecular flexibility index (Phi) is 0.766. The van der Waals surface area contributed by atoms with E-state index in [0.29, 0.717) is 0 Å². The van der Waals surface area contributed by atoms with Gasteiger partial charge in [0, 0.05) is 8.31 Å². The SMILES string of the molecule is [2H]C([2H])C1=C(O)C(=O)OC1C. The molecule has 0 saturated heterocycles. The Hall–Kier alpha value is -0.990.